The van der Waals surface area contributed by atoms with Crippen LogP contribution >= 0.6 is 11.3 Å². The molecule has 4 nitrogen and oxygen atoms in total. The van der Waals surface area contributed by atoms with Crippen LogP contribution in [0.1, 0.15) is 5.76 Å². The second kappa shape index (κ2) is 4.17. The van der Waals surface area contributed by atoms with Crippen LogP contribution in [0.25, 0.3) is 21.0 Å². The number of terminal acetylenes is 1. The van der Waals surface area contributed by atoms with Crippen LogP contribution in [0.3, 0.4) is 0 Å². The molecule has 3 aromatic rings. The first-order valence-electron chi connectivity index (χ1n) is 5.31. The Morgan fingerprint density at radius 3 is 3.06 bits per heavy atom. The summed E-state index contributed by atoms with van der Waals surface area (Å²) in [5, 5.41) is 2.87. The number of aryl methyl sites for hydroxylation is 1. The standard InChI is InChI=1S/C13H9N3OS/c1-3-14-9-4-5-15-10-6-11(18-12(9)10)13-16-7-8(2)17-13/h1,4-7H,2H3,(H,14,15). The number of anilines is 1. The summed E-state index contributed by atoms with van der Waals surface area (Å²) < 4.78 is 6.51. The van der Waals surface area contributed by atoms with Crippen molar-refractivity contribution in [3.05, 3.63) is 30.3 Å². The highest BCUT2D eigenvalue weighted by Gasteiger charge is 2.12. The van der Waals surface area contributed by atoms with Gasteiger partial charge in [-0.1, -0.05) is 6.42 Å². The Bertz CT molecular complexity index is 751. The predicted molar refractivity (Wildman–Crippen MR) is 72.3 cm³/mol. The number of thiophene rings is 1. The van der Waals surface area contributed by atoms with Crippen molar-refractivity contribution in [2.75, 3.05) is 5.32 Å². The van der Waals surface area contributed by atoms with Gasteiger partial charge in [0.05, 0.1) is 27.0 Å². The van der Waals surface area contributed by atoms with Crippen molar-refractivity contribution in [3.63, 3.8) is 0 Å². The number of oxazole rings is 1. The molecule has 0 unspecified atom stereocenters. The van der Waals surface area contributed by atoms with Gasteiger partial charge in [0.2, 0.25) is 5.89 Å². The molecule has 0 radical (unpaired) electrons. The summed E-state index contributed by atoms with van der Waals surface area (Å²) in [6.07, 6.45) is 8.69. The summed E-state index contributed by atoms with van der Waals surface area (Å²) in [6, 6.07) is 6.22. The predicted octanol–water partition coefficient (Wildman–Crippen LogP) is 3.26. The summed E-state index contributed by atoms with van der Waals surface area (Å²) in [7, 11) is 0. The second-order valence-electron chi connectivity index (χ2n) is 3.73. The van der Waals surface area contributed by atoms with E-state index in [1.54, 1.807) is 23.7 Å². The van der Waals surface area contributed by atoms with E-state index >= 15 is 0 Å². The van der Waals surface area contributed by atoms with E-state index in [0.29, 0.717) is 5.89 Å². The number of hydrogen-bond donors (Lipinski definition) is 1. The first-order chi connectivity index (χ1) is 8.78. The summed E-state index contributed by atoms with van der Waals surface area (Å²) in [4.78, 5) is 9.46. The maximum absolute atomic E-state index is 5.51. The van der Waals surface area contributed by atoms with Crippen LogP contribution in [-0.2, 0) is 0 Å². The molecule has 0 atom stereocenters. The van der Waals surface area contributed by atoms with Crippen LogP contribution in [0, 0.1) is 19.4 Å². The van der Waals surface area contributed by atoms with E-state index in [1.165, 1.54) is 0 Å². The molecule has 0 saturated carbocycles. The Hall–Kier alpha value is -2.32. The van der Waals surface area contributed by atoms with E-state index in [-0.39, 0.29) is 0 Å². The van der Waals surface area contributed by atoms with Crippen LogP contribution < -0.4 is 5.32 Å². The molecule has 0 bridgehead atoms. The molecule has 0 aliphatic heterocycles. The molecule has 18 heavy (non-hydrogen) atoms. The molecule has 0 fully saturated rings. The molecule has 3 aromatic heterocycles. The Labute approximate surface area is 108 Å². The zero-order valence-corrected chi connectivity index (χ0v) is 10.4. The third-order valence-corrected chi connectivity index (χ3v) is 3.60. The van der Waals surface area contributed by atoms with Crippen molar-refractivity contribution < 1.29 is 4.42 Å². The maximum atomic E-state index is 5.51. The van der Waals surface area contributed by atoms with Crippen molar-refractivity contribution in [1.29, 1.82) is 0 Å². The van der Waals surface area contributed by atoms with Crippen molar-refractivity contribution in [2.24, 2.45) is 0 Å². The molecule has 3 rings (SSSR count). The van der Waals surface area contributed by atoms with E-state index in [4.69, 9.17) is 10.8 Å². The van der Waals surface area contributed by atoms with Crippen LogP contribution in [0.15, 0.2) is 28.9 Å². The van der Waals surface area contributed by atoms with E-state index in [1.807, 2.05) is 19.1 Å². The number of pyridine rings is 1. The fourth-order valence-corrected chi connectivity index (χ4v) is 2.71. The van der Waals surface area contributed by atoms with Crippen LogP contribution in [0.4, 0.5) is 5.69 Å². The molecular formula is C13H9N3OS. The summed E-state index contributed by atoms with van der Waals surface area (Å²) >= 11 is 1.55. The van der Waals surface area contributed by atoms with Gasteiger partial charge in [0.25, 0.3) is 0 Å². The lowest BCUT2D eigenvalue weighted by molar-refractivity contribution is 0.544. The Balaban J connectivity index is 2.17. The SMILES string of the molecule is C#CNc1ccnc2cc(-c3ncc(C)o3)sc12. The monoisotopic (exact) mass is 255 g/mol. The Morgan fingerprint density at radius 2 is 2.33 bits per heavy atom. The lowest BCUT2D eigenvalue weighted by Crippen LogP contribution is -1.87. The second-order valence-corrected chi connectivity index (χ2v) is 4.78. The summed E-state index contributed by atoms with van der Waals surface area (Å²) in [6.45, 7) is 1.87. The topological polar surface area (TPSA) is 51.0 Å². The van der Waals surface area contributed by atoms with Gasteiger partial charge in [-0.05, 0) is 19.1 Å². The molecule has 0 aromatic carbocycles. The number of rotatable bonds is 2. The molecule has 0 saturated heterocycles. The number of fused-ring (bicyclic) bond motifs is 1. The third-order valence-electron chi connectivity index (χ3n) is 2.45. The molecular weight excluding hydrogens is 246 g/mol. The number of nitrogens with zero attached hydrogens (tertiary/aromatic N) is 2. The highest BCUT2D eigenvalue weighted by Crippen LogP contribution is 2.35. The zero-order valence-electron chi connectivity index (χ0n) is 9.60. The van der Waals surface area contributed by atoms with Gasteiger partial charge in [-0.25, -0.2) is 4.98 Å². The lowest BCUT2D eigenvalue weighted by atomic mass is 10.3. The van der Waals surface area contributed by atoms with Gasteiger partial charge >= 0.3 is 0 Å². The highest BCUT2D eigenvalue weighted by atomic mass is 32.1. The molecule has 88 valence electrons. The average molecular weight is 255 g/mol. The smallest absolute Gasteiger partial charge is 0.236 e. The van der Waals surface area contributed by atoms with E-state index < -0.39 is 0 Å². The lowest BCUT2D eigenvalue weighted by Gasteiger charge is -1.97. The fraction of sp³-hybridized carbons (Fsp3) is 0.0769. The minimum Gasteiger partial charge on any atom is -0.441 e. The number of hydrogen-bond acceptors (Lipinski definition) is 5. The van der Waals surface area contributed by atoms with Crippen molar-refractivity contribution in [1.82, 2.24) is 9.97 Å². The molecule has 0 spiro atoms. The minimum atomic E-state index is 0.613. The molecule has 0 aliphatic rings. The highest BCUT2D eigenvalue weighted by molar-refractivity contribution is 7.22. The quantitative estimate of drug-likeness (QED) is 0.564. The van der Waals surface area contributed by atoms with Gasteiger partial charge in [0.1, 0.15) is 5.76 Å². The van der Waals surface area contributed by atoms with Crippen LogP contribution in [0.2, 0.25) is 0 Å². The molecule has 3 heterocycles. The van der Waals surface area contributed by atoms with Gasteiger partial charge in [-0.2, -0.15) is 0 Å². The van der Waals surface area contributed by atoms with Gasteiger partial charge < -0.3 is 9.73 Å². The van der Waals surface area contributed by atoms with Gasteiger partial charge in [-0.15, -0.1) is 11.3 Å². The Morgan fingerprint density at radius 1 is 1.44 bits per heavy atom. The molecule has 1 N–H and O–H groups in total. The normalized spacial score (nSPS) is 10.4. The molecule has 0 aliphatic carbocycles. The van der Waals surface area contributed by atoms with Gasteiger partial charge in [0, 0.05) is 12.2 Å². The van der Waals surface area contributed by atoms with Gasteiger partial charge in [-0.3, -0.25) is 4.98 Å². The largest absolute Gasteiger partial charge is 0.441 e. The third kappa shape index (κ3) is 1.73. The maximum Gasteiger partial charge on any atom is 0.236 e. The number of nitrogens with one attached hydrogen (secondary N) is 1. The van der Waals surface area contributed by atoms with Crippen LogP contribution in [-0.4, -0.2) is 9.97 Å². The summed E-state index contributed by atoms with van der Waals surface area (Å²) in [5.41, 5.74) is 1.76. The minimum absolute atomic E-state index is 0.613. The van der Waals surface area contributed by atoms with Crippen molar-refractivity contribution >= 4 is 27.2 Å². The number of aromatic nitrogens is 2. The first kappa shape index (κ1) is 10.8. The van der Waals surface area contributed by atoms with Crippen LogP contribution in [0.5, 0.6) is 0 Å². The van der Waals surface area contributed by atoms with Gasteiger partial charge in [0.15, 0.2) is 0 Å². The average Bonchev–Trinajstić information content (AvgIpc) is 2.95. The summed E-state index contributed by atoms with van der Waals surface area (Å²) in [5.74, 6) is 1.40. The van der Waals surface area contributed by atoms with E-state index in [0.717, 1.165) is 26.5 Å². The molecule has 5 heteroatoms. The van der Waals surface area contributed by atoms with E-state index in [9.17, 15) is 0 Å². The zero-order chi connectivity index (χ0) is 12.5. The molecule has 0 amide bonds. The Kier molecular flexibility index (Phi) is 2.50. The van der Waals surface area contributed by atoms with Crippen molar-refractivity contribution in [3.8, 4) is 23.2 Å². The van der Waals surface area contributed by atoms with E-state index in [2.05, 4.69) is 21.3 Å². The fourth-order valence-electron chi connectivity index (χ4n) is 1.69. The van der Waals surface area contributed by atoms with Crippen molar-refractivity contribution in [2.45, 2.75) is 6.92 Å². The first-order valence-corrected chi connectivity index (χ1v) is 6.12.